The van der Waals surface area contributed by atoms with Gasteiger partial charge in [-0.2, -0.15) is 0 Å². The van der Waals surface area contributed by atoms with E-state index < -0.39 is 40.6 Å². The maximum Gasteiger partial charge on any atom is 0.254 e. The molecule has 1 aliphatic heterocycles. The minimum Gasteiger partial charge on any atom is -0.381 e. The lowest BCUT2D eigenvalue weighted by molar-refractivity contribution is -0.147. The lowest BCUT2D eigenvalue weighted by Gasteiger charge is -2.33. The number of thioether (sulfide) groups is 1. The van der Waals surface area contributed by atoms with Gasteiger partial charge in [-0.3, -0.25) is 14.4 Å². The SMILES string of the molecule is Cc1ccccc1CNC(=O)[C@H]1N(C(=O)[C@@H](O)[C@H](Cc2ccccc2)NC(=O)c2ccc(F)cc2Cl)CSC1(C)C. The molecule has 3 aromatic carbocycles. The maximum absolute atomic E-state index is 13.8. The summed E-state index contributed by atoms with van der Waals surface area (Å²) in [4.78, 5) is 41.7. The molecular weight excluding hydrogens is 565 g/mol. The molecule has 0 bridgehead atoms. The van der Waals surface area contributed by atoms with Crippen LogP contribution in [0, 0.1) is 12.7 Å². The van der Waals surface area contributed by atoms with Gasteiger partial charge in [0.1, 0.15) is 11.9 Å². The molecule has 0 radical (unpaired) electrons. The smallest absolute Gasteiger partial charge is 0.254 e. The van der Waals surface area contributed by atoms with Crippen molar-refractivity contribution in [3.05, 3.63) is 106 Å². The predicted molar refractivity (Wildman–Crippen MR) is 159 cm³/mol. The molecule has 4 rings (SSSR count). The molecule has 10 heteroatoms. The van der Waals surface area contributed by atoms with Crippen molar-refractivity contribution in [1.82, 2.24) is 15.5 Å². The Kier molecular flexibility index (Phi) is 9.73. The third kappa shape index (κ3) is 7.28. The summed E-state index contributed by atoms with van der Waals surface area (Å²) in [5, 5.41) is 17.0. The fourth-order valence-corrected chi connectivity index (χ4v) is 6.26. The monoisotopic (exact) mass is 597 g/mol. The van der Waals surface area contributed by atoms with Crippen LogP contribution in [-0.4, -0.2) is 56.5 Å². The molecule has 3 amide bonds. The second-order valence-corrected chi connectivity index (χ2v) is 12.6. The van der Waals surface area contributed by atoms with E-state index in [1.807, 2.05) is 75.4 Å². The van der Waals surface area contributed by atoms with Gasteiger partial charge >= 0.3 is 0 Å². The van der Waals surface area contributed by atoms with Crippen molar-refractivity contribution in [3.8, 4) is 0 Å². The average molecular weight is 598 g/mol. The van der Waals surface area contributed by atoms with E-state index in [0.717, 1.165) is 28.8 Å². The number of carbonyl (C=O) groups excluding carboxylic acids is 3. The van der Waals surface area contributed by atoms with Crippen LogP contribution in [0.1, 0.15) is 40.9 Å². The maximum atomic E-state index is 13.8. The third-order valence-corrected chi connectivity index (χ3v) is 8.90. The fourth-order valence-electron chi connectivity index (χ4n) is 4.87. The van der Waals surface area contributed by atoms with Gasteiger partial charge in [0, 0.05) is 11.3 Å². The topological polar surface area (TPSA) is 98.7 Å². The average Bonchev–Trinajstić information content (AvgIpc) is 3.26. The molecule has 216 valence electrons. The highest BCUT2D eigenvalue weighted by Crippen LogP contribution is 2.40. The number of hydrogen-bond acceptors (Lipinski definition) is 5. The Balaban J connectivity index is 1.55. The molecule has 3 atom stereocenters. The third-order valence-electron chi connectivity index (χ3n) is 7.22. The van der Waals surface area contributed by atoms with Gasteiger partial charge in [-0.05, 0) is 62.1 Å². The largest absolute Gasteiger partial charge is 0.381 e. The zero-order valence-electron chi connectivity index (χ0n) is 23.1. The lowest BCUT2D eigenvalue weighted by atomic mass is 9.96. The Morgan fingerprint density at radius 2 is 1.78 bits per heavy atom. The summed E-state index contributed by atoms with van der Waals surface area (Å²) in [6, 6.07) is 18.3. The first-order chi connectivity index (χ1) is 19.5. The first kappa shape index (κ1) is 30.6. The van der Waals surface area contributed by atoms with Crippen LogP contribution in [0.5, 0.6) is 0 Å². The van der Waals surface area contributed by atoms with Crippen LogP contribution in [0.3, 0.4) is 0 Å². The van der Waals surface area contributed by atoms with Gasteiger partial charge in [0.25, 0.3) is 11.8 Å². The van der Waals surface area contributed by atoms with Gasteiger partial charge in [0.05, 0.1) is 22.5 Å². The zero-order chi connectivity index (χ0) is 29.7. The highest BCUT2D eigenvalue weighted by molar-refractivity contribution is 8.00. The summed E-state index contributed by atoms with van der Waals surface area (Å²) in [5.41, 5.74) is 2.79. The van der Waals surface area contributed by atoms with Crippen molar-refractivity contribution < 1.29 is 23.9 Å². The standard InChI is InChI=1S/C31H33ClFN3O4S/c1-19-9-7-8-12-21(19)17-34-29(39)27-31(2,3)41-18-36(27)30(40)26(37)25(15-20-10-5-4-6-11-20)35-28(38)23-14-13-22(33)16-24(23)32/h4-14,16,25-27,37H,15,17-18H2,1-3H3,(H,34,39)(H,35,38)/t25-,26-,27+/m0/s1. The van der Waals surface area contributed by atoms with Crippen LogP contribution >= 0.6 is 23.4 Å². The van der Waals surface area contributed by atoms with E-state index in [1.165, 1.54) is 22.7 Å². The Labute approximate surface area is 248 Å². The number of amides is 3. The predicted octanol–water partition coefficient (Wildman–Crippen LogP) is 4.49. The molecule has 41 heavy (non-hydrogen) atoms. The molecule has 0 aromatic heterocycles. The Morgan fingerprint density at radius 1 is 1.10 bits per heavy atom. The number of rotatable bonds is 9. The Morgan fingerprint density at radius 3 is 2.46 bits per heavy atom. The summed E-state index contributed by atoms with van der Waals surface area (Å²) < 4.78 is 12.9. The van der Waals surface area contributed by atoms with Crippen molar-refractivity contribution in [2.75, 3.05) is 5.88 Å². The Hall–Kier alpha value is -3.40. The van der Waals surface area contributed by atoms with Gasteiger partial charge in [-0.15, -0.1) is 11.8 Å². The number of carbonyl (C=O) groups is 3. The highest BCUT2D eigenvalue weighted by Gasteiger charge is 2.49. The Bertz CT molecular complexity index is 1420. The summed E-state index contributed by atoms with van der Waals surface area (Å²) in [6.07, 6.45) is -1.54. The summed E-state index contributed by atoms with van der Waals surface area (Å²) in [7, 11) is 0. The van der Waals surface area contributed by atoms with E-state index in [2.05, 4.69) is 10.6 Å². The van der Waals surface area contributed by atoms with Crippen LogP contribution in [0.2, 0.25) is 5.02 Å². The van der Waals surface area contributed by atoms with Crippen LogP contribution in [-0.2, 0) is 22.6 Å². The molecule has 1 fully saturated rings. The molecule has 3 N–H and O–H groups in total. The van der Waals surface area contributed by atoms with Crippen molar-refractivity contribution in [3.63, 3.8) is 0 Å². The van der Waals surface area contributed by atoms with E-state index in [-0.39, 0.29) is 28.8 Å². The quantitative estimate of drug-likeness (QED) is 0.338. The molecule has 3 aromatic rings. The first-order valence-corrected chi connectivity index (χ1v) is 14.6. The fraction of sp³-hybridized carbons (Fsp3) is 0.323. The van der Waals surface area contributed by atoms with Crippen molar-refractivity contribution in [1.29, 1.82) is 0 Å². The van der Waals surface area contributed by atoms with Crippen LogP contribution in [0.15, 0.2) is 72.8 Å². The van der Waals surface area contributed by atoms with Gasteiger partial charge in [0.2, 0.25) is 5.91 Å². The zero-order valence-corrected chi connectivity index (χ0v) is 24.6. The summed E-state index contributed by atoms with van der Waals surface area (Å²) in [5.74, 6) is -2.06. The number of aliphatic hydroxyl groups is 1. The minimum absolute atomic E-state index is 0.0112. The number of aliphatic hydroxyl groups excluding tert-OH is 1. The second kappa shape index (κ2) is 13.1. The van der Waals surface area contributed by atoms with Gasteiger partial charge in [-0.25, -0.2) is 4.39 Å². The van der Waals surface area contributed by atoms with Gasteiger partial charge < -0.3 is 20.6 Å². The second-order valence-electron chi connectivity index (χ2n) is 10.6. The van der Waals surface area contributed by atoms with Crippen molar-refractivity contribution in [2.45, 2.75) is 56.7 Å². The number of nitrogens with one attached hydrogen (secondary N) is 2. The number of nitrogens with zero attached hydrogens (tertiary/aromatic N) is 1. The molecule has 0 saturated carbocycles. The normalized spacial score (nSPS) is 17.5. The first-order valence-electron chi connectivity index (χ1n) is 13.2. The van der Waals surface area contributed by atoms with E-state index in [4.69, 9.17) is 11.6 Å². The number of halogens is 2. The summed E-state index contributed by atoms with van der Waals surface area (Å²) >= 11 is 7.53. The van der Waals surface area contributed by atoms with E-state index in [0.29, 0.717) is 6.54 Å². The van der Waals surface area contributed by atoms with Gasteiger partial charge in [-0.1, -0.05) is 66.2 Å². The molecule has 1 saturated heterocycles. The molecule has 1 aliphatic rings. The number of benzene rings is 3. The molecule has 1 heterocycles. The highest BCUT2D eigenvalue weighted by atomic mass is 35.5. The molecule has 0 unspecified atom stereocenters. The lowest BCUT2D eigenvalue weighted by Crippen LogP contribution is -2.58. The molecule has 7 nitrogen and oxygen atoms in total. The van der Waals surface area contributed by atoms with Crippen LogP contribution in [0.4, 0.5) is 4.39 Å². The van der Waals surface area contributed by atoms with Crippen LogP contribution < -0.4 is 10.6 Å². The molecular formula is C31H33ClFN3O4S. The number of aryl methyl sites for hydroxylation is 1. The van der Waals surface area contributed by atoms with Crippen molar-refractivity contribution >= 4 is 41.1 Å². The van der Waals surface area contributed by atoms with E-state index in [1.54, 1.807) is 0 Å². The van der Waals surface area contributed by atoms with E-state index in [9.17, 15) is 23.9 Å². The molecule has 0 aliphatic carbocycles. The number of hydrogen-bond donors (Lipinski definition) is 3. The summed E-state index contributed by atoms with van der Waals surface area (Å²) in [6.45, 7) is 6.03. The molecule has 0 spiro atoms. The van der Waals surface area contributed by atoms with Crippen LogP contribution in [0.25, 0.3) is 0 Å². The minimum atomic E-state index is -1.67. The van der Waals surface area contributed by atoms with Crippen molar-refractivity contribution in [2.24, 2.45) is 0 Å². The van der Waals surface area contributed by atoms with E-state index >= 15 is 0 Å². The van der Waals surface area contributed by atoms with Gasteiger partial charge in [0.15, 0.2) is 6.10 Å².